The van der Waals surface area contributed by atoms with Gasteiger partial charge in [0, 0.05) is 58.0 Å². The molecule has 2 aliphatic heterocycles. The zero-order chi connectivity index (χ0) is 21.9. The number of hydrogen-bond donors (Lipinski definition) is 2. The molecule has 0 aliphatic carbocycles. The lowest BCUT2D eigenvalue weighted by Crippen LogP contribution is -2.49. The third-order valence-electron chi connectivity index (χ3n) is 6.66. The number of benzene rings is 1. The average molecular weight is 430 g/mol. The van der Waals surface area contributed by atoms with E-state index in [0.29, 0.717) is 12.1 Å². The van der Waals surface area contributed by atoms with Crippen molar-refractivity contribution in [1.29, 1.82) is 0 Å². The van der Waals surface area contributed by atoms with E-state index >= 15 is 0 Å². The molecule has 0 bridgehead atoms. The molecule has 2 N–H and O–H groups in total. The van der Waals surface area contributed by atoms with Crippen molar-refractivity contribution in [2.24, 2.45) is 10.9 Å². The van der Waals surface area contributed by atoms with Crippen LogP contribution in [0.3, 0.4) is 0 Å². The Hall–Kier alpha value is -1.63. The molecule has 2 saturated heterocycles. The molecule has 174 valence electrons. The molecule has 1 aromatic carbocycles. The van der Waals surface area contributed by atoms with E-state index in [1.54, 1.807) is 0 Å². The minimum absolute atomic E-state index is 0.495. The van der Waals surface area contributed by atoms with Gasteiger partial charge in [-0.1, -0.05) is 30.3 Å². The molecule has 2 unspecified atom stereocenters. The van der Waals surface area contributed by atoms with Gasteiger partial charge in [0.25, 0.3) is 0 Å². The Kier molecular flexibility index (Phi) is 10.1. The fourth-order valence-electron chi connectivity index (χ4n) is 4.48. The van der Waals surface area contributed by atoms with Crippen LogP contribution < -0.4 is 10.6 Å². The Morgan fingerprint density at radius 1 is 1.23 bits per heavy atom. The molecule has 6 heteroatoms. The highest BCUT2D eigenvalue weighted by atomic mass is 16.5. The predicted octanol–water partition coefficient (Wildman–Crippen LogP) is 2.95. The first-order chi connectivity index (χ1) is 15.1. The van der Waals surface area contributed by atoms with Gasteiger partial charge in [0.1, 0.15) is 0 Å². The molecule has 0 saturated carbocycles. The molecule has 2 aliphatic rings. The summed E-state index contributed by atoms with van der Waals surface area (Å²) in [7, 11) is 2.20. The topological polar surface area (TPSA) is 52.1 Å². The van der Waals surface area contributed by atoms with Crippen molar-refractivity contribution in [1.82, 2.24) is 20.4 Å². The molecule has 1 aromatic rings. The first kappa shape index (κ1) is 24.0. The second-order valence-electron chi connectivity index (χ2n) is 9.25. The fraction of sp³-hybridized carbons (Fsp3) is 0.720. The van der Waals surface area contributed by atoms with Crippen LogP contribution in [0.5, 0.6) is 0 Å². The van der Waals surface area contributed by atoms with Crippen LogP contribution in [-0.4, -0.2) is 80.8 Å². The van der Waals surface area contributed by atoms with Gasteiger partial charge in [-0.15, -0.1) is 0 Å². The highest BCUT2D eigenvalue weighted by Gasteiger charge is 2.24. The molecule has 6 nitrogen and oxygen atoms in total. The summed E-state index contributed by atoms with van der Waals surface area (Å²) in [5, 5.41) is 7.13. The lowest BCUT2D eigenvalue weighted by Gasteiger charge is -2.34. The Bertz CT molecular complexity index is 639. The van der Waals surface area contributed by atoms with Gasteiger partial charge in [0.15, 0.2) is 5.96 Å². The van der Waals surface area contributed by atoms with Gasteiger partial charge in [-0.25, -0.2) is 0 Å². The normalized spacial score (nSPS) is 22.1. The molecule has 2 atom stereocenters. The van der Waals surface area contributed by atoms with E-state index in [1.165, 1.54) is 44.5 Å². The van der Waals surface area contributed by atoms with Gasteiger partial charge in [0.2, 0.25) is 0 Å². The zero-order valence-corrected chi connectivity index (χ0v) is 19.9. The number of nitrogens with one attached hydrogen (secondary N) is 2. The Labute approximate surface area is 189 Å². The lowest BCUT2D eigenvalue weighted by molar-refractivity contribution is 0.150. The van der Waals surface area contributed by atoms with Crippen LogP contribution >= 0.6 is 0 Å². The monoisotopic (exact) mass is 429 g/mol. The molecule has 0 amide bonds. The first-order valence-electron chi connectivity index (χ1n) is 12.2. The third-order valence-corrected chi connectivity index (χ3v) is 6.66. The third kappa shape index (κ3) is 8.43. The van der Waals surface area contributed by atoms with Gasteiger partial charge < -0.3 is 20.3 Å². The van der Waals surface area contributed by atoms with Gasteiger partial charge in [-0.2, -0.15) is 0 Å². The first-order valence-corrected chi connectivity index (χ1v) is 12.2. The van der Waals surface area contributed by atoms with Gasteiger partial charge in [-0.3, -0.25) is 9.89 Å². The molecular formula is C25H43N5O. The number of guanidine groups is 1. The summed E-state index contributed by atoms with van der Waals surface area (Å²) < 4.78 is 5.53. The number of piperidine rings is 1. The summed E-state index contributed by atoms with van der Waals surface area (Å²) >= 11 is 0. The average Bonchev–Trinajstić information content (AvgIpc) is 3.29. The van der Waals surface area contributed by atoms with Gasteiger partial charge >= 0.3 is 0 Å². The quantitative estimate of drug-likeness (QED) is 0.442. The summed E-state index contributed by atoms with van der Waals surface area (Å²) in [6.07, 6.45) is 4.67. The van der Waals surface area contributed by atoms with Crippen LogP contribution in [0.2, 0.25) is 0 Å². The molecule has 0 spiro atoms. The Morgan fingerprint density at radius 3 is 2.68 bits per heavy atom. The number of hydrogen-bond acceptors (Lipinski definition) is 4. The second kappa shape index (κ2) is 13.0. The van der Waals surface area contributed by atoms with E-state index in [2.05, 4.69) is 71.7 Å². The van der Waals surface area contributed by atoms with Crippen molar-refractivity contribution in [3.8, 4) is 0 Å². The molecule has 0 radical (unpaired) electrons. The minimum atomic E-state index is 0.495. The number of rotatable bonds is 10. The van der Waals surface area contributed by atoms with E-state index in [0.717, 1.165) is 51.1 Å². The number of nitrogens with zero attached hydrogens (tertiary/aromatic N) is 3. The highest BCUT2D eigenvalue weighted by Crippen LogP contribution is 2.17. The molecular weight excluding hydrogens is 386 g/mol. The predicted molar refractivity (Wildman–Crippen MR) is 129 cm³/mol. The maximum Gasteiger partial charge on any atom is 0.191 e. The summed E-state index contributed by atoms with van der Waals surface area (Å²) in [5.74, 6) is 1.72. The van der Waals surface area contributed by atoms with Crippen LogP contribution in [0, 0.1) is 5.92 Å². The van der Waals surface area contributed by atoms with E-state index in [-0.39, 0.29) is 0 Å². The molecule has 3 rings (SSSR count). The maximum absolute atomic E-state index is 5.53. The van der Waals surface area contributed by atoms with Crippen molar-refractivity contribution >= 4 is 5.96 Å². The number of ether oxygens (including phenoxy) is 1. The molecule has 31 heavy (non-hydrogen) atoms. The minimum Gasteiger partial charge on any atom is -0.381 e. The Morgan fingerprint density at radius 2 is 2.00 bits per heavy atom. The van der Waals surface area contributed by atoms with E-state index in [1.807, 2.05) is 0 Å². The summed E-state index contributed by atoms with van der Waals surface area (Å²) in [5.41, 5.74) is 1.36. The van der Waals surface area contributed by atoms with Crippen molar-refractivity contribution < 1.29 is 4.74 Å². The van der Waals surface area contributed by atoms with Crippen molar-refractivity contribution in [2.45, 2.75) is 58.2 Å². The lowest BCUT2D eigenvalue weighted by atomic mass is 10.0. The van der Waals surface area contributed by atoms with Crippen LogP contribution in [0.25, 0.3) is 0 Å². The summed E-state index contributed by atoms with van der Waals surface area (Å²) in [6.45, 7) is 12.6. The Balaban J connectivity index is 1.38. The number of aliphatic imine (C=N–C) groups is 1. The molecule has 2 heterocycles. The maximum atomic E-state index is 5.53. The van der Waals surface area contributed by atoms with Gasteiger partial charge in [0.05, 0.1) is 6.61 Å². The largest absolute Gasteiger partial charge is 0.381 e. The smallest absolute Gasteiger partial charge is 0.191 e. The fourth-order valence-corrected chi connectivity index (χ4v) is 4.48. The SMILES string of the molecule is CCNC(=NCCC(C)N(C)Cc1ccccc1)NC1CCN(CC2CCOC2)CC1. The van der Waals surface area contributed by atoms with Crippen molar-refractivity contribution in [3.05, 3.63) is 35.9 Å². The van der Waals surface area contributed by atoms with Crippen LogP contribution in [0.1, 0.15) is 45.1 Å². The number of likely N-dealkylation sites (tertiary alicyclic amines) is 1. The summed E-state index contributed by atoms with van der Waals surface area (Å²) in [4.78, 5) is 9.91. The van der Waals surface area contributed by atoms with Crippen molar-refractivity contribution in [2.75, 3.05) is 53.0 Å². The summed E-state index contributed by atoms with van der Waals surface area (Å²) in [6, 6.07) is 11.7. The standard InChI is InChI=1S/C25H43N5O/c1-4-26-25(27-14-10-21(2)29(3)18-22-8-6-5-7-9-22)28-24-11-15-30(16-12-24)19-23-13-17-31-20-23/h5-9,21,23-24H,4,10-20H2,1-3H3,(H2,26,27,28). The van der Waals surface area contributed by atoms with Crippen molar-refractivity contribution in [3.63, 3.8) is 0 Å². The second-order valence-corrected chi connectivity index (χ2v) is 9.25. The van der Waals surface area contributed by atoms with Crippen LogP contribution in [0.4, 0.5) is 0 Å². The molecule has 2 fully saturated rings. The van der Waals surface area contributed by atoms with Crippen LogP contribution in [-0.2, 0) is 11.3 Å². The van der Waals surface area contributed by atoms with Gasteiger partial charge in [-0.05, 0) is 58.1 Å². The van der Waals surface area contributed by atoms with Crippen LogP contribution in [0.15, 0.2) is 35.3 Å². The van der Waals surface area contributed by atoms with E-state index in [4.69, 9.17) is 9.73 Å². The van der Waals surface area contributed by atoms with E-state index in [9.17, 15) is 0 Å². The zero-order valence-electron chi connectivity index (χ0n) is 19.9. The highest BCUT2D eigenvalue weighted by molar-refractivity contribution is 5.80. The van der Waals surface area contributed by atoms with E-state index < -0.39 is 0 Å². The molecule has 0 aromatic heterocycles.